The number of ether oxygens (including phenoxy) is 2. The van der Waals surface area contributed by atoms with Gasteiger partial charge < -0.3 is 19.9 Å². The van der Waals surface area contributed by atoms with Crippen LogP contribution in [0.25, 0.3) is 0 Å². The molecule has 2 N–H and O–H groups in total. The van der Waals surface area contributed by atoms with Crippen LogP contribution < -0.4 is 10.1 Å². The third kappa shape index (κ3) is 5.53. The molecule has 0 unspecified atom stereocenters. The summed E-state index contributed by atoms with van der Waals surface area (Å²) in [7, 11) is 0. The normalized spacial score (nSPS) is 9.47. The zero-order valence-electron chi connectivity index (χ0n) is 10.2. The Kier molecular flexibility index (Phi) is 5.87. The van der Waals surface area contributed by atoms with Crippen molar-refractivity contribution in [3.05, 3.63) is 36.7 Å². The molecule has 19 heavy (non-hydrogen) atoms. The number of rotatable bonds is 7. The molecule has 102 valence electrons. The highest BCUT2D eigenvalue weighted by atomic mass is 16.5. The topological polar surface area (TPSA) is 97.8 Å². The van der Waals surface area contributed by atoms with E-state index in [9.17, 15) is 9.59 Å². The van der Waals surface area contributed by atoms with Gasteiger partial charge in [-0.2, -0.15) is 0 Å². The number of carboxylic acid groups (broad SMARTS) is 1. The highest BCUT2D eigenvalue weighted by Crippen LogP contribution is 2.10. The minimum absolute atomic E-state index is 0.0378. The summed E-state index contributed by atoms with van der Waals surface area (Å²) in [6.07, 6.45) is 3.50. The Balaban J connectivity index is 2.29. The molecular weight excluding hydrogens is 252 g/mol. The van der Waals surface area contributed by atoms with Crippen molar-refractivity contribution < 1.29 is 24.2 Å². The predicted octanol–water partition coefficient (Wildman–Crippen LogP) is 1.07. The molecule has 0 aliphatic heterocycles. The zero-order chi connectivity index (χ0) is 14.1. The lowest BCUT2D eigenvalue weighted by Crippen LogP contribution is -2.28. The molecule has 1 aromatic rings. The number of alkyl carbamates (subject to hydrolysis) is 1. The van der Waals surface area contributed by atoms with Crippen LogP contribution in [0.1, 0.15) is 10.4 Å². The monoisotopic (exact) mass is 266 g/mol. The van der Waals surface area contributed by atoms with Crippen LogP contribution in [-0.4, -0.2) is 41.9 Å². The average molecular weight is 266 g/mol. The van der Waals surface area contributed by atoms with Crippen LogP contribution >= 0.6 is 0 Å². The van der Waals surface area contributed by atoms with E-state index in [0.717, 1.165) is 0 Å². The van der Waals surface area contributed by atoms with Crippen molar-refractivity contribution in [3.8, 4) is 5.75 Å². The summed E-state index contributed by atoms with van der Waals surface area (Å²) in [5.74, 6) is -0.759. The van der Waals surface area contributed by atoms with E-state index in [1.54, 1.807) is 0 Å². The second-order valence-electron chi connectivity index (χ2n) is 3.38. The second kappa shape index (κ2) is 7.70. The van der Waals surface area contributed by atoms with Crippen LogP contribution in [0.3, 0.4) is 0 Å². The van der Waals surface area contributed by atoms with Gasteiger partial charge in [0, 0.05) is 6.20 Å². The fourth-order valence-electron chi connectivity index (χ4n) is 1.12. The molecule has 0 atom stereocenters. The van der Waals surface area contributed by atoms with Crippen molar-refractivity contribution in [2.24, 2.45) is 0 Å². The molecular formula is C12H14N2O5. The number of carbonyl (C=O) groups excluding carboxylic acids is 1. The van der Waals surface area contributed by atoms with E-state index < -0.39 is 12.1 Å². The molecule has 7 nitrogen and oxygen atoms in total. The Labute approximate surface area is 109 Å². The van der Waals surface area contributed by atoms with Crippen LogP contribution in [-0.2, 0) is 4.74 Å². The maximum Gasteiger partial charge on any atom is 0.407 e. The molecule has 7 heteroatoms. The van der Waals surface area contributed by atoms with Crippen LogP contribution in [0.2, 0.25) is 0 Å². The Bertz CT molecular complexity index is 461. The van der Waals surface area contributed by atoms with Gasteiger partial charge in [0.25, 0.3) is 0 Å². The van der Waals surface area contributed by atoms with E-state index >= 15 is 0 Å². The third-order valence-electron chi connectivity index (χ3n) is 1.93. The van der Waals surface area contributed by atoms with Gasteiger partial charge in [0.05, 0.1) is 18.3 Å². The van der Waals surface area contributed by atoms with Crippen molar-refractivity contribution in [3.63, 3.8) is 0 Å². The fourth-order valence-corrected chi connectivity index (χ4v) is 1.12. The summed E-state index contributed by atoms with van der Waals surface area (Å²) in [5.41, 5.74) is 0.0378. The minimum atomic E-state index is -1.08. The van der Waals surface area contributed by atoms with Gasteiger partial charge in [-0.1, -0.05) is 12.7 Å². The summed E-state index contributed by atoms with van der Waals surface area (Å²) < 4.78 is 9.92. The maximum atomic E-state index is 11.0. The Morgan fingerprint density at radius 3 is 2.95 bits per heavy atom. The van der Waals surface area contributed by atoms with Crippen molar-refractivity contribution in [2.75, 3.05) is 19.8 Å². The van der Waals surface area contributed by atoms with Gasteiger partial charge in [-0.25, -0.2) is 9.59 Å². The molecule has 0 bridgehead atoms. The Morgan fingerprint density at radius 1 is 1.47 bits per heavy atom. The minimum Gasteiger partial charge on any atom is -0.490 e. The van der Waals surface area contributed by atoms with Crippen molar-refractivity contribution in [1.29, 1.82) is 0 Å². The average Bonchev–Trinajstić information content (AvgIpc) is 2.41. The number of aromatic carboxylic acids is 1. The standard InChI is InChI=1S/C12H14N2O5/c1-2-4-19-12(17)14-3-5-18-10-6-9(11(15)16)7-13-8-10/h2,6-8H,1,3-5H2,(H,14,17)(H,15,16). The first-order chi connectivity index (χ1) is 9.13. The lowest BCUT2D eigenvalue weighted by atomic mass is 10.3. The number of aromatic nitrogens is 1. The van der Waals surface area contributed by atoms with Gasteiger partial charge in [0.15, 0.2) is 0 Å². The quantitative estimate of drug-likeness (QED) is 0.566. The second-order valence-corrected chi connectivity index (χ2v) is 3.38. The summed E-state index contributed by atoms with van der Waals surface area (Å²) >= 11 is 0. The molecule has 1 rings (SSSR count). The Morgan fingerprint density at radius 2 is 2.26 bits per heavy atom. The first-order valence-corrected chi connectivity index (χ1v) is 5.46. The molecule has 0 aliphatic rings. The van der Waals surface area contributed by atoms with Gasteiger partial charge in [0.1, 0.15) is 19.0 Å². The molecule has 1 heterocycles. The molecule has 0 saturated heterocycles. The predicted molar refractivity (Wildman–Crippen MR) is 66.2 cm³/mol. The SMILES string of the molecule is C=CCOC(=O)NCCOc1cncc(C(=O)O)c1. The van der Waals surface area contributed by atoms with E-state index in [2.05, 4.69) is 21.6 Å². The Hall–Kier alpha value is -2.57. The first kappa shape index (κ1) is 14.5. The van der Waals surface area contributed by atoms with E-state index in [1.807, 2.05) is 0 Å². The van der Waals surface area contributed by atoms with E-state index in [0.29, 0.717) is 5.75 Å². The molecule has 1 amide bonds. The molecule has 0 fully saturated rings. The largest absolute Gasteiger partial charge is 0.490 e. The van der Waals surface area contributed by atoms with Crippen LogP contribution in [0.4, 0.5) is 4.79 Å². The van der Waals surface area contributed by atoms with Crippen molar-refractivity contribution >= 4 is 12.1 Å². The fraction of sp³-hybridized carbons (Fsp3) is 0.250. The zero-order valence-corrected chi connectivity index (χ0v) is 10.2. The highest BCUT2D eigenvalue weighted by Gasteiger charge is 2.05. The van der Waals surface area contributed by atoms with E-state index in [-0.39, 0.29) is 25.3 Å². The van der Waals surface area contributed by atoms with Gasteiger partial charge >= 0.3 is 12.1 Å². The van der Waals surface area contributed by atoms with Crippen LogP contribution in [0.15, 0.2) is 31.1 Å². The number of carbonyl (C=O) groups is 2. The summed E-state index contributed by atoms with van der Waals surface area (Å²) in [4.78, 5) is 25.5. The van der Waals surface area contributed by atoms with Crippen LogP contribution in [0, 0.1) is 0 Å². The van der Waals surface area contributed by atoms with Gasteiger partial charge in [0.2, 0.25) is 0 Å². The number of nitrogens with zero attached hydrogens (tertiary/aromatic N) is 1. The number of carboxylic acids is 1. The van der Waals surface area contributed by atoms with Crippen LogP contribution in [0.5, 0.6) is 5.75 Å². The number of hydrogen-bond acceptors (Lipinski definition) is 5. The molecule has 0 aromatic carbocycles. The summed E-state index contributed by atoms with van der Waals surface area (Å²) in [6, 6.07) is 1.35. The smallest absolute Gasteiger partial charge is 0.407 e. The van der Waals surface area contributed by atoms with Crippen molar-refractivity contribution in [1.82, 2.24) is 10.3 Å². The van der Waals surface area contributed by atoms with Crippen molar-refractivity contribution in [2.45, 2.75) is 0 Å². The van der Waals surface area contributed by atoms with Gasteiger partial charge in [-0.05, 0) is 6.07 Å². The first-order valence-electron chi connectivity index (χ1n) is 5.46. The number of amides is 1. The lowest BCUT2D eigenvalue weighted by molar-refractivity contribution is 0.0696. The summed E-state index contributed by atoms with van der Waals surface area (Å²) in [5, 5.41) is 11.2. The van der Waals surface area contributed by atoms with E-state index in [1.165, 1.54) is 24.5 Å². The number of pyridine rings is 1. The molecule has 0 spiro atoms. The third-order valence-corrected chi connectivity index (χ3v) is 1.93. The molecule has 0 radical (unpaired) electrons. The molecule has 0 saturated carbocycles. The summed E-state index contributed by atoms with van der Waals surface area (Å²) in [6.45, 7) is 3.95. The van der Waals surface area contributed by atoms with Gasteiger partial charge in [-0.15, -0.1) is 0 Å². The van der Waals surface area contributed by atoms with Gasteiger partial charge in [-0.3, -0.25) is 4.98 Å². The maximum absolute atomic E-state index is 11.0. The molecule has 1 aromatic heterocycles. The highest BCUT2D eigenvalue weighted by molar-refractivity contribution is 5.87. The molecule has 0 aliphatic carbocycles. The number of nitrogens with one attached hydrogen (secondary N) is 1. The number of hydrogen-bond donors (Lipinski definition) is 2. The van der Waals surface area contributed by atoms with E-state index in [4.69, 9.17) is 9.84 Å². The lowest BCUT2D eigenvalue weighted by Gasteiger charge is -2.07.